The molecule has 1 aromatic carbocycles. The van der Waals surface area contributed by atoms with Crippen molar-refractivity contribution in [3.05, 3.63) is 47.9 Å². The Labute approximate surface area is 159 Å². The van der Waals surface area contributed by atoms with E-state index in [2.05, 4.69) is 0 Å². The first-order valence-electron chi connectivity index (χ1n) is 9.18. The Morgan fingerprint density at radius 2 is 2.00 bits per heavy atom. The van der Waals surface area contributed by atoms with E-state index in [1.165, 1.54) is 0 Å². The van der Waals surface area contributed by atoms with E-state index in [9.17, 15) is 9.59 Å². The van der Waals surface area contributed by atoms with Gasteiger partial charge in [-0.15, -0.1) is 0 Å². The number of hydrogen-bond acceptors (Lipinski definition) is 5. The van der Waals surface area contributed by atoms with Crippen molar-refractivity contribution in [3.8, 4) is 11.5 Å². The molecule has 6 heteroatoms. The normalized spacial score (nSPS) is 16.8. The molecule has 1 amide bonds. The number of ketones is 1. The average molecular weight is 371 g/mol. The standard InChI is InChI=1S/C21H25NO5/c1-25-18-9-7-15(13-19(18)26-2)21(24)16-5-3-11-22(14-16)20(23)10-8-17-6-4-12-27-17/h4,6-7,9,12-13,16H,3,5,8,10-11,14H2,1-2H3. The molecule has 0 N–H and O–H groups in total. The lowest BCUT2D eigenvalue weighted by atomic mass is 9.89. The second-order valence-corrected chi connectivity index (χ2v) is 6.69. The van der Waals surface area contributed by atoms with Crippen LogP contribution in [-0.4, -0.2) is 43.9 Å². The van der Waals surface area contributed by atoms with Gasteiger partial charge in [0.1, 0.15) is 5.76 Å². The van der Waals surface area contributed by atoms with Crippen LogP contribution >= 0.6 is 0 Å². The summed E-state index contributed by atoms with van der Waals surface area (Å²) in [7, 11) is 3.11. The van der Waals surface area contributed by atoms with E-state index < -0.39 is 0 Å². The summed E-state index contributed by atoms with van der Waals surface area (Å²) in [6, 6.07) is 8.88. The van der Waals surface area contributed by atoms with Crippen molar-refractivity contribution in [2.24, 2.45) is 5.92 Å². The van der Waals surface area contributed by atoms with Crippen LogP contribution in [0.5, 0.6) is 11.5 Å². The number of hydrogen-bond donors (Lipinski definition) is 0. The maximum Gasteiger partial charge on any atom is 0.223 e. The number of aryl methyl sites for hydroxylation is 1. The van der Waals surface area contributed by atoms with Gasteiger partial charge in [0.05, 0.1) is 20.5 Å². The number of Topliss-reactive ketones (excluding diaryl/α,β-unsaturated/α-hetero) is 1. The Morgan fingerprint density at radius 1 is 1.19 bits per heavy atom. The predicted molar refractivity (Wildman–Crippen MR) is 100 cm³/mol. The summed E-state index contributed by atoms with van der Waals surface area (Å²) < 4.78 is 15.8. The van der Waals surface area contributed by atoms with Gasteiger partial charge in [-0.3, -0.25) is 9.59 Å². The molecule has 1 unspecified atom stereocenters. The van der Waals surface area contributed by atoms with Crippen molar-refractivity contribution >= 4 is 11.7 Å². The fourth-order valence-electron chi connectivity index (χ4n) is 3.49. The number of methoxy groups -OCH3 is 2. The molecule has 0 aliphatic carbocycles. The first-order valence-corrected chi connectivity index (χ1v) is 9.18. The number of furan rings is 1. The molecular formula is C21H25NO5. The quantitative estimate of drug-likeness (QED) is 0.698. The molecule has 1 aromatic heterocycles. The minimum Gasteiger partial charge on any atom is -0.493 e. The first kappa shape index (κ1) is 19.0. The Morgan fingerprint density at radius 3 is 2.70 bits per heavy atom. The summed E-state index contributed by atoms with van der Waals surface area (Å²) >= 11 is 0. The smallest absolute Gasteiger partial charge is 0.223 e. The molecule has 1 aliphatic rings. The van der Waals surface area contributed by atoms with Crippen LogP contribution in [-0.2, 0) is 11.2 Å². The number of carbonyl (C=O) groups is 2. The summed E-state index contributed by atoms with van der Waals surface area (Å²) in [5.74, 6) is 1.84. The topological polar surface area (TPSA) is 69.0 Å². The van der Waals surface area contributed by atoms with Crippen molar-refractivity contribution < 1.29 is 23.5 Å². The van der Waals surface area contributed by atoms with Crippen molar-refractivity contribution in [1.82, 2.24) is 4.90 Å². The summed E-state index contributed by atoms with van der Waals surface area (Å²) in [5.41, 5.74) is 0.586. The van der Waals surface area contributed by atoms with Gasteiger partial charge in [-0.25, -0.2) is 0 Å². The van der Waals surface area contributed by atoms with Gasteiger partial charge in [0, 0.05) is 37.4 Å². The molecule has 2 heterocycles. The van der Waals surface area contributed by atoms with Gasteiger partial charge in [0.15, 0.2) is 17.3 Å². The zero-order valence-corrected chi connectivity index (χ0v) is 15.8. The number of likely N-dealkylation sites (tertiary alicyclic amines) is 1. The third kappa shape index (κ3) is 4.51. The molecular weight excluding hydrogens is 346 g/mol. The summed E-state index contributed by atoms with van der Waals surface area (Å²) in [6.07, 6.45) is 4.20. The zero-order valence-electron chi connectivity index (χ0n) is 15.8. The molecule has 1 saturated heterocycles. The largest absolute Gasteiger partial charge is 0.493 e. The predicted octanol–water partition coefficient (Wildman–Crippen LogP) is 3.35. The average Bonchev–Trinajstić information content (AvgIpc) is 3.24. The van der Waals surface area contributed by atoms with Crippen molar-refractivity contribution in [1.29, 1.82) is 0 Å². The summed E-state index contributed by atoms with van der Waals surface area (Å²) in [6.45, 7) is 1.16. The fraction of sp³-hybridized carbons (Fsp3) is 0.429. The van der Waals surface area contributed by atoms with Gasteiger partial charge < -0.3 is 18.8 Å². The first-order chi connectivity index (χ1) is 13.1. The van der Waals surface area contributed by atoms with E-state index in [4.69, 9.17) is 13.9 Å². The number of rotatable bonds is 7. The van der Waals surface area contributed by atoms with Gasteiger partial charge >= 0.3 is 0 Å². The number of amides is 1. The minimum absolute atomic E-state index is 0.0412. The molecule has 27 heavy (non-hydrogen) atoms. The highest BCUT2D eigenvalue weighted by Gasteiger charge is 2.29. The molecule has 0 bridgehead atoms. The van der Waals surface area contributed by atoms with Crippen LogP contribution in [0.15, 0.2) is 41.0 Å². The van der Waals surface area contributed by atoms with E-state index in [-0.39, 0.29) is 17.6 Å². The molecule has 0 radical (unpaired) electrons. The van der Waals surface area contributed by atoms with E-state index >= 15 is 0 Å². The Kier molecular flexibility index (Phi) is 6.16. The molecule has 144 valence electrons. The Bertz CT molecular complexity index is 784. The highest BCUT2D eigenvalue weighted by atomic mass is 16.5. The maximum atomic E-state index is 12.9. The second kappa shape index (κ2) is 8.75. The second-order valence-electron chi connectivity index (χ2n) is 6.69. The van der Waals surface area contributed by atoms with Crippen molar-refractivity contribution in [2.75, 3.05) is 27.3 Å². The van der Waals surface area contributed by atoms with Gasteiger partial charge in [-0.05, 0) is 43.2 Å². The highest BCUT2D eigenvalue weighted by molar-refractivity contribution is 5.99. The number of carbonyl (C=O) groups excluding carboxylic acids is 2. The molecule has 0 spiro atoms. The van der Waals surface area contributed by atoms with Crippen LogP contribution in [0.1, 0.15) is 35.4 Å². The third-order valence-electron chi connectivity index (χ3n) is 4.98. The molecule has 0 saturated carbocycles. The fourth-order valence-corrected chi connectivity index (χ4v) is 3.49. The molecule has 3 rings (SSSR count). The van der Waals surface area contributed by atoms with E-state index in [0.29, 0.717) is 43.0 Å². The highest BCUT2D eigenvalue weighted by Crippen LogP contribution is 2.30. The summed E-state index contributed by atoms with van der Waals surface area (Å²) in [4.78, 5) is 27.3. The lowest BCUT2D eigenvalue weighted by Gasteiger charge is -2.32. The number of ether oxygens (including phenoxy) is 2. The van der Waals surface area contributed by atoms with Gasteiger partial charge in [0.25, 0.3) is 0 Å². The lowest BCUT2D eigenvalue weighted by molar-refractivity contribution is -0.132. The van der Waals surface area contributed by atoms with Gasteiger partial charge in [-0.2, -0.15) is 0 Å². The van der Waals surface area contributed by atoms with Gasteiger partial charge in [0.2, 0.25) is 5.91 Å². The van der Waals surface area contributed by atoms with Crippen molar-refractivity contribution in [3.63, 3.8) is 0 Å². The number of nitrogens with zero attached hydrogens (tertiary/aromatic N) is 1. The van der Waals surface area contributed by atoms with Gasteiger partial charge in [-0.1, -0.05) is 0 Å². The van der Waals surface area contributed by atoms with E-state index in [0.717, 1.165) is 18.6 Å². The van der Waals surface area contributed by atoms with Crippen LogP contribution in [0.4, 0.5) is 0 Å². The van der Waals surface area contributed by atoms with Crippen LogP contribution in [0.2, 0.25) is 0 Å². The Hall–Kier alpha value is -2.76. The molecule has 1 fully saturated rings. The summed E-state index contributed by atoms with van der Waals surface area (Å²) in [5, 5.41) is 0. The van der Waals surface area contributed by atoms with Crippen LogP contribution in [0.3, 0.4) is 0 Å². The van der Waals surface area contributed by atoms with Crippen molar-refractivity contribution in [2.45, 2.75) is 25.7 Å². The number of benzene rings is 1. The van der Waals surface area contributed by atoms with Crippen LogP contribution in [0, 0.1) is 5.92 Å². The number of piperidine rings is 1. The SMILES string of the molecule is COc1ccc(C(=O)C2CCCN(C(=O)CCc3ccco3)C2)cc1OC. The van der Waals surface area contributed by atoms with Crippen LogP contribution in [0.25, 0.3) is 0 Å². The third-order valence-corrected chi connectivity index (χ3v) is 4.98. The zero-order chi connectivity index (χ0) is 19.2. The van der Waals surface area contributed by atoms with E-state index in [1.54, 1.807) is 43.6 Å². The Balaban J connectivity index is 1.63. The maximum absolute atomic E-state index is 12.9. The lowest BCUT2D eigenvalue weighted by Crippen LogP contribution is -2.42. The monoisotopic (exact) mass is 371 g/mol. The molecule has 2 aromatic rings. The minimum atomic E-state index is -0.190. The molecule has 1 aliphatic heterocycles. The molecule has 6 nitrogen and oxygen atoms in total. The van der Waals surface area contributed by atoms with E-state index in [1.807, 2.05) is 12.1 Å². The molecule has 1 atom stereocenters. The van der Waals surface area contributed by atoms with Crippen LogP contribution < -0.4 is 9.47 Å².